The van der Waals surface area contributed by atoms with Crippen molar-refractivity contribution in [1.82, 2.24) is 4.37 Å². The zero-order chi connectivity index (χ0) is 7.82. The number of aromatic nitrogens is 1. The number of carbonyl (C=O) groups excluding carboxylic acids is 1. The fourth-order valence-corrected chi connectivity index (χ4v) is 0.695. The molecule has 0 aromatic carbocycles. The topological polar surface area (TPSA) is 39.2 Å². The van der Waals surface area contributed by atoms with Crippen LogP contribution in [0.5, 0.6) is 0 Å². The average molecular weight is 159 g/mol. The van der Waals surface area contributed by atoms with Crippen LogP contribution >= 0.6 is 11.5 Å². The lowest BCUT2D eigenvalue weighted by Crippen LogP contribution is -1.61. The summed E-state index contributed by atoms with van der Waals surface area (Å²) in [7, 11) is 3.25. The van der Waals surface area contributed by atoms with Crippen LogP contribution in [0.3, 0.4) is 0 Å². The summed E-state index contributed by atoms with van der Waals surface area (Å²) >= 11 is 1.20. The summed E-state index contributed by atoms with van der Waals surface area (Å²) in [6.07, 6.45) is 2.39. The Labute approximate surface area is 63.8 Å². The van der Waals surface area contributed by atoms with Crippen molar-refractivity contribution in [3.63, 3.8) is 0 Å². The van der Waals surface area contributed by atoms with Gasteiger partial charge in [0.1, 0.15) is 0 Å². The molecule has 0 bridgehead atoms. The highest BCUT2D eigenvalue weighted by Crippen LogP contribution is 1.97. The molecule has 1 rings (SSSR count). The maximum absolute atomic E-state index is 9.84. The molecule has 0 fully saturated rings. The number of aldehydes is 1. The standard InChI is InChI=1S/C4H3NOS.C2H6O/c6-3-4-1-2-5-7-4;1-3-2/h1-3H;1-2H3. The number of methoxy groups -OCH3 is 1. The summed E-state index contributed by atoms with van der Waals surface area (Å²) in [6.45, 7) is 0. The van der Waals surface area contributed by atoms with Crippen molar-refractivity contribution in [2.45, 2.75) is 0 Å². The van der Waals surface area contributed by atoms with E-state index in [2.05, 4.69) is 9.11 Å². The van der Waals surface area contributed by atoms with Crippen molar-refractivity contribution < 1.29 is 9.53 Å². The smallest absolute Gasteiger partial charge is 0.161 e. The van der Waals surface area contributed by atoms with Crippen LogP contribution in [0.15, 0.2) is 12.3 Å². The number of nitrogens with zero attached hydrogens (tertiary/aromatic N) is 1. The molecular weight excluding hydrogens is 150 g/mol. The predicted molar refractivity (Wildman–Crippen MR) is 40.4 cm³/mol. The van der Waals surface area contributed by atoms with E-state index in [4.69, 9.17) is 0 Å². The lowest BCUT2D eigenvalue weighted by Gasteiger charge is -1.63. The minimum Gasteiger partial charge on any atom is -0.388 e. The van der Waals surface area contributed by atoms with Crippen molar-refractivity contribution in [2.75, 3.05) is 14.2 Å². The van der Waals surface area contributed by atoms with E-state index >= 15 is 0 Å². The van der Waals surface area contributed by atoms with Gasteiger partial charge in [-0.05, 0) is 17.6 Å². The van der Waals surface area contributed by atoms with Gasteiger partial charge in [0.15, 0.2) is 6.29 Å². The van der Waals surface area contributed by atoms with Crippen LogP contribution in [0.1, 0.15) is 9.67 Å². The lowest BCUT2D eigenvalue weighted by atomic mass is 10.5. The van der Waals surface area contributed by atoms with Gasteiger partial charge in [-0.25, -0.2) is 4.37 Å². The molecule has 0 amide bonds. The number of rotatable bonds is 1. The van der Waals surface area contributed by atoms with Gasteiger partial charge in [-0.3, -0.25) is 4.79 Å². The zero-order valence-corrected chi connectivity index (χ0v) is 6.72. The second-order valence-corrected chi connectivity index (χ2v) is 2.31. The van der Waals surface area contributed by atoms with Crippen molar-refractivity contribution in [3.05, 3.63) is 17.1 Å². The molecule has 0 saturated heterocycles. The Morgan fingerprint density at radius 2 is 2.30 bits per heavy atom. The van der Waals surface area contributed by atoms with Crippen LogP contribution in [0.25, 0.3) is 0 Å². The van der Waals surface area contributed by atoms with E-state index in [-0.39, 0.29) is 0 Å². The first kappa shape index (κ1) is 9.26. The van der Waals surface area contributed by atoms with E-state index < -0.39 is 0 Å². The fraction of sp³-hybridized carbons (Fsp3) is 0.333. The highest BCUT2D eigenvalue weighted by Gasteiger charge is 1.84. The first-order valence-electron chi connectivity index (χ1n) is 2.61. The number of carbonyl (C=O) groups is 1. The first-order valence-corrected chi connectivity index (χ1v) is 3.38. The lowest BCUT2D eigenvalue weighted by molar-refractivity contribution is 0.112. The summed E-state index contributed by atoms with van der Waals surface area (Å²) in [5, 5.41) is 0. The van der Waals surface area contributed by atoms with E-state index in [0.29, 0.717) is 4.88 Å². The number of ether oxygens (including phenoxy) is 1. The van der Waals surface area contributed by atoms with Gasteiger partial charge in [0, 0.05) is 20.4 Å². The molecule has 0 radical (unpaired) electrons. The Kier molecular flexibility index (Phi) is 5.91. The molecular formula is C6H9NO2S. The third-order valence-corrected chi connectivity index (χ3v) is 1.24. The molecule has 3 nitrogen and oxygen atoms in total. The minimum atomic E-state index is 0.681. The van der Waals surface area contributed by atoms with Crippen LogP contribution in [0.4, 0.5) is 0 Å². The van der Waals surface area contributed by atoms with Gasteiger partial charge in [-0.15, -0.1) is 0 Å². The van der Waals surface area contributed by atoms with Gasteiger partial charge in [0.2, 0.25) is 0 Å². The Balaban J connectivity index is 0.000000236. The predicted octanol–water partition coefficient (Wildman–Crippen LogP) is 1.22. The normalized spacial score (nSPS) is 7.80. The highest BCUT2D eigenvalue weighted by molar-refractivity contribution is 7.07. The maximum Gasteiger partial charge on any atom is 0.161 e. The molecule has 0 aliphatic carbocycles. The highest BCUT2D eigenvalue weighted by atomic mass is 32.1. The molecule has 0 N–H and O–H groups in total. The van der Waals surface area contributed by atoms with E-state index in [0.717, 1.165) is 6.29 Å². The van der Waals surface area contributed by atoms with Gasteiger partial charge < -0.3 is 4.74 Å². The third-order valence-electron chi connectivity index (χ3n) is 0.574. The Bertz CT molecular complexity index is 162. The van der Waals surface area contributed by atoms with Crippen LogP contribution < -0.4 is 0 Å². The second kappa shape index (κ2) is 6.38. The quantitative estimate of drug-likeness (QED) is 0.578. The van der Waals surface area contributed by atoms with Crippen molar-refractivity contribution >= 4 is 17.8 Å². The molecule has 1 aromatic rings. The van der Waals surface area contributed by atoms with Crippen LogP contribution in [-0.4, -0.2) is 24.9 Å². The van der Waals surface area contributed by atoms with Gasteiger partial charge in [0.25, 0.3) is 0 Å². The largest absolute Gasteiger partial charge is 0.388 e. The summed E-state index contributed by atoms with van der Waals surface area (Å²) in [5.74, 6) is 0. The first-order chi connectivity index (χ1) is 4.85. The molecule has 0 unspecified atom stereocenters. The monoisotopic (exact) mass is 159 g/mol. The third kappa shape index (κ3) is 4.17. The number of hydrogen-bond acceptors (Lipinski definition) is 4. The van der Waals surface area contributed by atoms with E-state index in [1.54, 1.807) is 26.5 Å². The van der Waals surface area contributed by atoms with Crippen molar-refractivity contribution in [1.29, 1.82) is 0 Å². The Hall–Kier alpha value is -0.740. The number of hydrogen-bond donors (Lipinski definition) is 0. The molecule has 1 aromatic heterocycles. The summed E-state index contributed by atoms with van der Waals surface area (Å²) < 4.78 is 7.95. The van der Waals surface area contributed by atoms with E-state index in [1.165, 1.54) is 11.5 Å². The maximum atomic E-state index is 9.84. The van der Waals surface area contributed by atoms with Crippen molar-refractivity contribution in [2.24, 2.45) is 0 Å². The molecule has 10 heavy (non-hydrogen) atoms. The van der Waals surface area contributed by atoms with Crippen molar-refractivity contribution in [3.8, 4) is 0 Å². The van der Waals surface area contributed by atoms with E-state index in [9.17, 15) is 4.79 Å². The van der Waals surface area contributed by atoms with Crippen LogP contribution in [0.2, 0.25) is 0 Å². The molecule has 56 valence electrons. The SMILES string of the molecule is COC.O=Cc1ccns1. The summed E-state index contributed by atoms with van der Waals surface area (Å²) in [4.78, 5) is 10.5. The zero-order valence-electron chi connectivity index (χ0n) is 5.90. The molecule has 0 aliphatic heterocycles. The second-order valence-electron chi connectivity index (χ2n) is 1.44. The molecule has 0 saturated carbocycles. The molecule has 0 atom stereocenters. The average Bonchev–Trinajstić information content (AvgIpc) is 2.39. The molecule has 0 spiro atoms. The molecule has 0 aliphatic rings. The van der Waals surface area contributed by atoms with Gasteiger partial charge in [-0.1, -0.05) is 0 Å². The minimum absolute atomic E-state index is 0.681. The van der Waals surface area contributed by atoms with Crippen LogP contribution in [0, 0.1) is 0 Å². The fourth-order valence-electron chi connectivity index (χ4n) is 0.286. The molecule has 4 heteroatoms. The molecule has 1 heterocycles. The van der Waals surface area contributed by atoms with Gasteiger partial charge in [-0.2, -0.15) is 0 Å². The Morgan fingerprint density at radius 3 is 2.50 bits per heavy atom. The van der Waals surface area contributed by atoms with Gasteiger partial charge in [0.05, 0.1) is 4.88 Å². The summed E-state index contributed by atoms with van der Waals surface area (Å²) in [6, 6.07) is 1.68. The van der Waals surface area contributed by atoms with E-state index in [1.807, 2.05) is 0 Å². The van der Waals surface area contributed by atoms with Crippen LogP contribution in [-0.2, 0) is 4.74 Å². The Morgan fingerprint density at radius 1 is 1.70 bits per heavy atom. The van der Waals surface area contributed by atoms with Gasteiger partial charge >= 0.3 is 0 Å². The summed E-state index contributed by atoms with van der Waals surface area (Å²) in [5.41, 5.74) is 0.